The van der Waals surface area contributed by atoms with E-state index in [1.54, 1.807) is 18.2 Å². The molecule has 1 amide bonds. The van der Waals surface area contributed by atoms with Crippen LogP contribution in [0.4, 0.5) is 5.69 Å². The van der Waals surface area contributed by atoms with Gasteiger partial charge in [0.2, 0.25) is 15.9 Å². The molecule has 0 bridgehead atoms. The highest BCUT2D eigenvalue weighted by Crippen LogP contribution is 2.25. The fraction of sp³-hybridized carbons (Fsp3) is 0.0833. The van der Waals surface area contributed by atoms with Crippen molar-refractivity contribution in [3.63, 3.8) is 0 Å². The van der Waals surface area contributed by atoms with Gasteiger partial charge in [-0.05, 0) is 41.1 Å². The Bertz CT molecular complexity index is 636. The van der Waals surface area contributed by atoms with E-state index in [2.05, 4.69) is 21.2 Å². The molecule has 0 spiro atoms. The molecule has 0 aromatic heterocycles. The van der Waals surface area contributed by atoms with E-state index in [0.29, 0.717) is 10.2 Å². The highest BCUT2D eigenvalue weighted by Gasteiger charge is 2.10. The molecular formula is C12H13BrN2O3S. The fourth-order valence-corrected chi connectivity index (χ4v) is 2.37. The summed E-state index contributed by atoms with van der Waals surface area (Å²) in [5.74, 6) is -0.317. The summed E-state index contributed by atoms with van der Waals surface area (Å²) in [6, 6.07) is 4.12. The number of nitrogens with two attached hydrogens (primary N) is 1. The summed E-state index contributed by atoms with van der Waals surface area (Å²) in [5.41, 5.74) is 0.461. The first-order valence-electron chi connectivity index (χ1n) is 5.27. The molecular weight excluding hydrogens is 332 g/mol. The average Bonchev–Trinajstić information content (AvgIpc) is 2.31. The van der Waals surface area contributed by atoms with Gasteiger partial charge in [0, 0.05) is 10.5 Å². The Labute approximate surface area is 120 Å². The summed E-state index contributed by atoms with van der Waals surface area (Å²) in [7, 11) is -3.75. The van der Waals surface area contributed by atoms with E-state index in [1.807, 2.05) is 6.92 Å². The number of hydrogen-bond acceptors (Lipinski definition) is 3. The number of sulfonamides is 1. The van der Waals surface area contributed by atoms with E-state index in [4.69, 9.17) is 5.14 Å². The molecule has 102 valence electrons. The lowest BCUT2D eigenvalue weighted by atomic mass is 10.3. The molecule has 7 heteroatoms. The molecule has 0 atom stereocenters. The number of halogens is 1. The van der Waals surface area contributed by atoms with Crippen LogP contribution in [0.1, 0.15) is 6.92 Å². The molecule has 5 nitrogen and oxygen atoms in total. The topological polar surface area (TPSA) is 89.3 Å². The molecule has 1 rings (SSSR count). The maximum Gasteiger partial charge on any atom is 0.248 e. The quantitative estimate of drug-likeness (QED) is 0.647. The van der Waals surface area contributed by atoms with Gasteiger partial charge >= 0.3 is 0 Å². The standard InChI is InChI=1S/C12H13BrN2O3S/c1-2-3-4-5-12(16)15-11-7-6-9(8-10(11)13)19(14,17)18/h2-8H,1H3,(H,15,16)(H2,14,17,18)/b3-2+,5-4+. The highest BCUT2D eigenvalue weighted by atomic mass is 79.9. The Morgan fingerprint density at radius 1 is 1.37 bits per heavy atom. The summed E-state index contributed by atoms with van der Waals surface area (Å²) < 4.78 is 22.7. The van der Waals surface area contributed by atoms with Crippen molar-refractivity contribution in [2.45, 2.75) is 11.8 Å². The number of benzene rings is 1. The molecule has 0 heterocycles. The molecule has 1 aromatic rings. The zero-order valence-corrected chi connectivity index (χ0v) is 12.5. The van der Waals surface area contributed by atoms with Gasteiger partial charge in [0.1, 0.15) is 0 Å². The zero-order valence-electron chi connectivity index (χ0n) is 10.1. The van der Waals surface area contributed by atoms with E-state index in [-0.39, 0.29) is 10.8 Å². The van der Waals surface area contributed by atoms with Crippen LogP contribution in [0.25, 0.3) is 0 Å². The lowest BCUT2D eigenvalue weighted by Crippen LogP contribution is -2.13. The van der Waals surface area contributed by atoms with Crippen LogP contribution >= 0.6 is 15.9 Å². The number of primary sulfonamides is 1. The molecule has 0 unspecified atom stereocenters. The van der Waals surface area contributed by atoms with Crippen LogP contribution in [-0.4, -0.2) is 14.3 Å². The third kappa shape index (κ3) is 4.98. The monoisotopic (exact) mass is 344 g/mol. The summed E-state index contributed by atoms with van der Waals surface area (Å²) in [5, 5.41) is 7.61. The smallest absolute Gasteiger partial charge is 0.248 e. The molecule has 19 heavy (non-hydrogen) atoms. The van der Waals surface area contributed by atoms with Crippen LogP contribution in [0.5, 0.6) is 0 Å². The minimum atomic E-state index is -3.75. The van der Waals surface area contributed by atoms with Gasteiger partial charge in [0.25, 0.3) is 0 Å². The number of nitrogens with one attached hydrogen (secondary N) is 1. The number of rotatable bonds is 4. The maximum atomic E-state index is 11.5. The summed E-state index contributed by atoms with van der Waals surface area (Å²) in [6.07, 6.45) is 6.47. The molecule has 3 N–H and O–H groups in total. The molecule has 1 aromatic carbocycles. The van der Waals surface area contributed by atoms with Crippen molar-refractivity contribution >= 4 is 37.5 Å². The largest absolute Gasteiger partial charge is 0.321 e. The zero-order chi connectivity index (χ0) is 14.5. The lowest BCUT2D eigenvalue weighted by Gasteiger charge is -2.06. The van der Waals surface area contributed by atoms with Gasteiger partial charge < -0.3 is 5.32 Å². The molecule has 0 radical (unpaired) electrons. The number of anilines is 1. The summed E-state index contributed by atoms with van der Waals surface area (Å²) in [6.45, 7) is 1.84. The predicted octanol–water partition coefficient (Wildman–Crippen LogP) is 2.17. The fourth-order valence-electron chi connectivity index (χ4n) is 1.20. The molecule has 0 aliphatic carbocycles. The number of carbonyl (C=O) groups is 1. The van der Waals surface area contributed by atoms with Crippen LogP contribution in [0.2, 0.25) is 0 Å². The van der Waals surface area contributed by atoms with Crippen molar-refractivity contribution in [3.05, 3.63) is 47.0 Å². The van der Waals surface area contributed by atoms with Crippen molar-refractivity contribution < 1.29 is 13.2 Å². The van der Waals surface area contributed by atoms with Crippen molar-refractivity contribution in [1.82, 2.24) is 0 Å². The number of carbonyl (C=O) groups excluding carboxylic acids is 1. The first-order valence-corrected chi connectivity index (χ1v) is 7.61. The van der Waals surface area contributed by atoms with Crippen LogP contribution < -0.4 is 10.5 Å². The van der Waals surface area contributed by atoms with Crippen molar-refractivity contribution in [1.29, 1.82) is 0 Å². The number of allylic oxidation sites excluding steroid dienone is 3. The Hall–Kier alpha value is -1.44. The Kier molecular flexibility index (Phi) is 5.46. The van der Waals surface area contributed by atoms with E-state index in [9.17, 15) is 13.2 Å². The second-order valence-corrected chi connectivity index (χ2v) is 5.98. The molecule has 0 aliphatic rings. The number of amides is 1. The Morgan fingerprint density at radius 2 is 2.05 bits per heavy atom. The molecule has 0 fully saturated rings. The van der Waals surface area contributed by atoms with Crippen LogP contribution in [0.3, 0.4) is 0 Å². The van der Waals surface area contributed by atoms with E-state index < -0.39 is 10.0 Å². The lowest BCUT2D eigenvalue weighted by molar-refractivity contribution is -0.111. The van der Waals surface area contributed by atoms with Gasteiger partial charge in [-0.2, -0.15) is 0 Å². The Morgan fingerprint density at radius 3 is 2.58 bits per heavy atom. The first-order chi connectivity index (χ1) is 8.84. The summed E-state index contributed by atoms with van der Waals surface area (Å²) in [4.78, 5) is 11.5. The maximum absolute atomic E-state index is 11.5. The highest BCUT2D eigenvalue weighted by molar-refractivity contribution is 9.10. The second-order valence-electron chi connectivity index (χ2n) is 3.56. The second kappa shape index (κ2) is 6.65. The van der Waals surface area contributed by atoms with E-state index in [0.717, 1.165) is 0 Å². The van der Waals surface area contributed by atoms with Crippen LogP contribution in [-0.2, 0) is 14.8 Å². The molecule has 0 saturated heterocycles. The third-order valence-corrected chi connectivity index (χ3v) is 3.65. The third-order valence-electron chi connectivity index (χ3n) is 2.08. The SMILES string of the molecule is C/C=C/C=C/C(=O)Nc1ccc(S(N)(=O)=O)cc1Br. The van der Waals surface area contributed by atoms with Crippen molar-refractivity contribution in [2.75, 3.05) is 5.32 Å². The average molecular weight is 345 g/mol. The minimum absolute atomic E-state index is 0.0261. The van der Waals surface area contributed by atoms with Gasteiger partial charge in [-0.1, -0.05) is 18.2 Å². The normalized spacial score (nSPS) is 12.2. The van der Waals surface area contributed by atoms with Gasteiger partial charge in [-0.25, -0.2) is 13.6 Å². The van der Waals surface area contributed by atoms with Crippen LogP contribution in [0.15, 0.2) is 51.9 Å². The number of hydrogen-bond donors (Lipinski definition) is 2. The minimum Gasteiger partial charge on any atom is -0.321 e. The Balaban J connectivity index is 2.90. The molecule has 0 saturated carbocycles. The van der Waals surface area contributed by atoms with Crippen molar-refractivity contribution in [3.8, 4) is 0 Å². The van der Waals surface area contributed by atoms with Gasteiger partial charge in [0.15, 0.2) is 0 Å². The van der Waals surface area contributed by atoms with E-state index in [1.165, 1.54) is 24.3 Å². The van der Waals surface area contributed by atoms with Crippen molar-refractivity contribution in [2.24, 2.45) is 5.14 Å². The summed E-state index contributed by atoms with van der Waals surface area (Å²) >= 11 is 3.18. The van der Waals surface area contributed by atoms with Gasteiger partial charge in [-0.15, -0.1) is 0 Å². The van der Waals surface area contributed by atoms with Crippen LogP contribution in [0, 0.1) is 0 Å². The first kappa shape index (κ1) is 15.6. The predicted molar refractivity (Wildman–Crippen MR) is 78.1 cm³/mol. The van der Waals surface area contributed by atoms with Gasteiger partial charge in [-0.3, -0.25) is 4.79 Å². The van der Waals surface area contributed by atoms with E-state index >= 15 is 0 Å². The van der Waals surface area contributed by atoms with Gasteiger partial charge in [0.05, 0.1) is 10.6 Å². The molecule has 0 aliphatic heterocycles.